The summed E-state index contributed by atoms with van der Waals surface area (Å²) >= 11 is 6.27. The van der Waals surface area contributed by atoms with Gasteiger partial charge >= 0.3 is 0 Å². The van der Waals surface area contributed by atoms with Crippen molar-refractivity contribution in [3.05, 3.63) is 46.4 Å². The largest absolute Gasteiger partial charge is 0.496 e. The average Bonchev–Trinajstić information content (AvgIpc) is 2.53. The summed E-state index contributed by atoms with van der Waals surface area (Å²) in [5.74, 6) is 1.71. The Kier molecular flexibility index (Phi) is 4.25. The Morgan fingerprint density at radius 2 is 2.10 bits per heavy atom. The Labute approximate surface area is 129 Å². The molecule has 0 fully saturated rings. The lowest BCUT2D eigenvalue weighted by Gasteiger charge is -2.18. The molecule has 1 aliphatic carbocycles. The number of methoxy groups -OCH3 is 1. The lowest BCUT2D eigenvalue weighted by atomic mass is 9.96. The summed E-state index contributed by atoms with van der Waals surface area (Å²) in [5, 5.41) is 4.09. The zero-order chi connectivity index (χ0) is 14.7. The Morgan fingerprint density at radius 3 is 2.95 bits per heavy atom. The molecule has 110 valence electrons. The molecule has 0 radical (unpaired) electrons. The van der Waals surface area contributed by atoms with Gasteiger partial charge in [0.1, 0.15) is 17.9 Å². The van der Waals surface area contributed by atoms with Crippen LogP contribution in [0.4, 0.5) is 5.82 Å². The van der Waals surface area contributed by atoms with Gasteiger partial charge in [-0.25, -0.2) is 9.97 Å². The smallest absolute Gasteiger partial charge is 0.133 e. The van der Waals surface area contributed by atoms with Gasteiger partial charge in [0.15, 0.2) is 0 Å². The number of aromatic nitrogens is 2. The molecular formula is C16H18ClN3O. The van der Waals surface area contributed by atoms with Crippen LogP contribution in [0.1, 0.15) is 29.7 Å². The van der Waals surface area contributed by atoms with E-state index in [0.717, 1.165) is 30.0 Å². The van der Waals surface area contributed by atoms with Crippen molar-refractivity contribution in [2.45, 2.75) is 32.2 Å². The fraction of sp³-hybridized carbons (Fsp3) is 0.375. The first-order chi connectivity index (χ1) is 10.3. The number of nitrogens with one attached hydrogen (secondary N) is 1. The second-order valence-electron chi connectivity index (χ2n) is 5.13. The van der Waals surface area contributed by atoms with Crippen LogP contribution in [-0.2, 0) is 19.4 Å². The van der Waals surface area contributed by atoms with Crippen molar-refractivity contribution in [1.29, 1.82) is 0 Å². The molecule has 3 rings (SSSR count). The second kappa shape index (κ2) is 6.31. The van der Waals surface area contributed by atoms with E-state index in [9.17, 15) is 0 Å². The van der Waals surface area contributed by atoms with Crippen LogP contribution in [0.5, 0.6) is 5.75 Å². The monoisotopic (exact) mass is 303 g/mol. The fourth-order valence-corrected chi connectivity index (χ4v) is 2.98. The van der Waals surface area contributed by atoms with E-state index in [1.54, 1.807) is 13.4 Å². The predicted octanol–water partition coefficient (Wildman–Crippen LogP) is 3.63. The van der Waals surface area contributed by atoms with E-state index < -0.39 is 0 Å². The average molecular weight is 304 g/mol. The van der Waals surface area contributed by atoms with Gasteiger partial charge in [-0.05, 0) is 37.8 Å². The van der Waals surface area contributed by atoms with Crippen LogP contribution in [-0.4, -0.2) is 17.1 Å². The van der Waals surface area contributed by atoms with Gasteiger partial charge < -0.3 is 10.1 Å². The van der Waals surface area contributed by atoms with Crippen molar-refractivity contribution in [3.8, 4) is 5.75 Å². The van der Waals surface area contributed by atoms with Crippen molar-refractivity contribution >= 4 is 17.4 Å². The van der Waals surface area contributed by atoms with Crippen molar-refractivity contribution in [2.75, 3.05) is 12.4 Å². The Bertz CT molecular complexity index is 645. The van der Waals surface area contributed by atoms with Gasteiger partial charge in [-0.15, -0.1) is 0 Å². The second-order valence-corrected chi connectivity index (χ2v) is 5.54. The summed E-state index contributed by atoms with van der Waals surface area (Å²) in [4.78, 5) is 8.77. The highest BCUT2D eigenvalue weighted by Gasteiger charge is 2.16. The molecule has 1 aromatic carbocycles. The number of nitrogens with zero attached hydrogens (tertiary/aromatic N) is 2. The number of hydrogen-bond donors (Lipinski definition) is 1. The maximum Gasteiger partial charge on any atom is 0.133 e. The molecule has 2 aromatic rings. The number of fused-ring (bicyclic) bond motifs is 1. The van der Waals surface area contributed by atoms with Crippen LogP contribution in [0.2, 0.25) is 5.02 Å². The molecular weight excluding hydrogens is 286 g/mol. The Hall–Kier alpha value is -1.81. The normalized spacial score (nSPS) is 13.6. The molecule has 1 heterocycles. The number of hydrogen-bond acceptors (Lipinski definition) is 4. The van der Waals surface area contributed by atoms with Crippen LogP contribution in [0, 0.1) is 0 Å². The summed E-state index contributed by atoms with van der Waals surface area (Å²) in [6.45, 7) is 0.590. The summed E-state index contributed by atoms with van der Waals surface area (Å²) in [7, 11) is 1.65. The molecule has 1 aliphatic rings. The first-order valence-electron chi connectivity index (χ1n) is 7.17. The van der Waals surface area contributed by atoms with Crippen LogP contribution in [0.3, 0.4) is 0 Å². The molecule has 4 nitrogen and oxygen atoms in total. The van der Waals surface area contributed by atoms with Gasteiger partial charge in [0.25, 0.3) is 0 Å². The zero-order valence-electron chi connectivity index (χ0n) is 12.0. The maximum atomic E-state index is 6.27. The standard InChI is InChI=1S/C16H18ClN3O/c1-21-15-8-4-6-13(17)12(15)9-18-16-11-5-2-3-7-14(11)19-10-20-16/h4,6,8,10H,2-3,5,7,9H2,1H3,(H,18,19,20). The quantitative estimate of drug-likeness (QED) is 0.937. The van der Waals surface area contributed by atoms with E-state index in [2.05, 4.69) is 15.3 Å². The van der Waals surface area contributed by atoms with Crippen LogP contribution in [0.25, 0.3) is 0 Å². The van der Waals surface area contributed by atoms with Crippen molar-refractivity contribution in [1.82, 2.24) is 9.97 Å². The predicted molar refractivity (Wildman–Crippen MR) is 84.0 cm³/mol. The number of rotatable bonds is 4. The molecule has 1 aromatic heterocycles. The van der Waals surface area contributed by atoms with E-state index in [1.165, 1.54) is 24.1 Å². The molecule has 5 heteroatoms. The van der Waals surface area contributed by atoms with E-state index in [4.69, 9.17) is 16.3 Å². The molecule has 0 saturated carbocycles. The number of anilines is 1. The molecule has 0 bridgehead atoms. The Morgan fingerprint density at radius 1 is 1.24 bits per heavy atom. The first-order valence-corrected chi connectivity index (χ1v) is 7.55. The molecule has 0 saturated heterocycles. The van der Waals surface area contributed by atoms with E-state index >= 15 is 0 Å². The molecule has 0 atom stereocenters. The number of halogens is 1. The third kappa shape index (κ3) is 2.95. The SMILES string of the molecule is COc1cccc(Cl)c1CNc1ncnc2c1CCCC2. The van der Waals surface area contributed by atoms with Gasteiger partial charge in [0.05, 0.1) is 7.11 Å². The van der Waals surface area contributed by atoms with Crippen molar-refractivity contribution in [3.63, 3.8) is 0 Å². The third-order valence-electron chi connectivity index (χ3n) is 3.85. The van der Waals surface area contributed by atoms with Gasteiger partial charge in [-0.1, -0.05) is 17.7 Å². The van der Waals surface area contributed by atoms with Gasteiger partial charge in [-0.2, -0.15) is 0 Å². The fourth-order valence-electron chi connectivity index (χ4n) is 2.75. The van der Waals surface area contributed by atoms with Gasteiger partial charge in [0.2, 0.25) is 0 Å². The van der Waals surface area contributed by atoms with E-state index in [1.807, 2.05) is 18.2 Å². The molecule has 0 amide bonds. The number of aryl methyl sites for hydroxylation is 1. The van der Waals surface area contributed by atoms with Crippen molar-refractivity contribution < 1.29 is 4.74 Å². The van der Waals surface area contributed by atoms with Crippen LogP contribution >= 0.6 is 11.6 Å². The highest BCUT2D eigenvalue weighted by Crippen LogP contribution is 2.29. The van der Waals surface area contributed by atoms with Crippen molar-refractivity contribution in [2.24, 2.45) is 0 Å². The number of ether oxygens (including phenoxy) is 1. The molecule has 0 unspecified atom stereocenters. The van der Waals surface area contributed by atoms with Gasteiger partial charge in [-0.3, -0.25) is 0 Å². The first kappa shape index (κ1) is 14.1. The molecule has 0 aliphatic heterocycles. The molecule has 1 N–H and O–H groups in total. The zero-order valence-corrected chi connectivity index (χ0v) is 12.8. The lowest BCUT2D eigenvalue weighted by molar-refractivity contribution is 0.410. The number of benzene rings is 1. The van der Waals surface area contributed by atoms with E-state index in [-0.39, 0.29) is 0 Å². The van der Waals surface area contributed by atoms with Crippen LogP contribution < -0.4 is 10.1 Å². The summed E-state index contributed by atoms with van der Waals surface area (Å²) in [6, 6.07) is 5.67. The van der Waals surface area contributed by atoms with Gasteiger partial charge in [0, 0.05) is 28.4 Å². The highest BCUT2D eigenvalue weighted by atomic mass is 35.5. The maximum absolute atomic E-state index is 6.27. The molecule has 0 spiro atoms. The topological polar surface area (TPSA) is 47.0 Å². The molecule has 21 heavy (non-hydrogen) atoms. The summed E-state index contributed by atoms with van der Waals surface area (Å²) in [6.07, 6.45) is 6.13. The minimum absolute atomic E-state index is 0.590. The minimum Gasteiger partial charge on any atom is -0.496 e. The van der Waals surface area contributed by atoms with E-state index in [0.29, 0.717) is 11.6 Å². The third-order valence-corrected chi connectivity index (χ3v) is 4.21. The highest BCUT2D eigenvalue weighted by molar-refractivity contribution is 6.31. The Balaban J connectivity index is 1.83. The lowest BCUT2D eigenvalue weighted by Crippen LogP contribution is -2.12. The minimum atomic E-state index is 0.590. The van der Waals surface area contributed by atoms with Crippen LogP contribution in [0.15, 0.2) is 24.5 Å². The summed E-state index contributed by atoms with van der Waals surface area (Å²) in [5.41, 5.74) is 3.37. The summed E-state index contributed by atoms with van der Waals surface area (Å²) < 4.78 is 5.37.